The van der Waals surface area contributed by atoms with Crippen molar-refractivity contribution in [1.29, 1.82) is 0 Å². The Labute approximate surface area is 150 Å². The first-order valence-electron chi connectivity index (χ1n) is 8.93. The number of para-hydroxylation sites is 1. The fourth-order valence-corrected chi connectivity index (χ4v) is 3.06. The lowest BCUT2D eigenvalue weighted by Crippen LogP contribution is -2.47. The van der Waals surface area contributed by atoms with Gasteiger partial charge in [0.15, 0.2) is 0 Å². The van der Waals surface area contributed by atoms with E-state index >= 15 is 0 Å². The van der Waals surface area contributed by atoms with Crippen LogP contribution in [0.2, 0.25) is 0 Å². The molecule has 2 rings (SSSR count). The van der Waals surface area contributed by atoms with Crippen molar-refractivity contribution in [1.82, 2.24) is 4.90 Å². The van der Waals surface area contributed by atoms with Crippen molar-refractivity contribution in [2.75, 3.05) is 25.0 Å². The number of nitrogens with two attached hydrogens (primary N) is 1. The summed E-state index contributed by atoms with van der Waals surface area (Å²) in [7, 11) is 0. The molecule has 1 saturated heterocycles. The number of benzene rings is 1. The molecule has 25 heavy (non-hydrogen) atoms. The Balaban J connectivity index is 0.000000550. The number of carbonyl (C=O) groups is 2. The van der Waals surface area contributed by atoms with Crippen LogP contribution < -0.4 is 11.1 Å². The minimum atomic E-state index is -0.968. The first-order chi connectivity index (χ1) is 11.9. The molecule has 140 valence electrons. The summed E-state index contributed by atoms with van der Waals surface area (Å²) in [6.07, 6.45) is 4.46. The number of aryl methyl sites for hydroxylation is 2. The molecule has 4 N–H and O–H groups in total. The molecule has 0 bridgehead atoms. The van der Waals surface area contributed by atoms with Gasteiger partial charge >= 0.3 is 5.97 Å². The molecule has 1 aromatic rings. The summed E-state index contributed by atoms with van der Waals surface area (Å²) < 4.78 is 0. The number of aliphatic carboxylic acids is 1. The monoisotopic (exact) mass is 349 g/mol. The predicted molar refractivity (Wildman–Crippen MR) is 101 cm³/mol. The number of hydrogen-bond acceptors (Lipinski definition) is 4. The molecule has 0 saturated carbocycles. The number of rotatable bonds is 5. The van der Waals surface area contributed by atoms with Gasteiger partial charge in [0, 0.05) is 5.69 Å². The van der Waals surface area contributed by atoms with Crippen molar-refractivity contribution < 1.29 is 14.7 Å². The van der Waals surface area contributed by atoms with Crippen LogP contribution in [-0.2, 0) is 9.59 Å². The van der Waals surface area contributed by atoms with Crippen molar-refractivity contribution >= 4 is 17.6 Å². The highest BCUT2D eigenvalue weighted by Gasteiger charge is 2.28. The molecular weight excluding hydrogens is 318 g/mol. The van der Waals surface area contributed by atoms with Crippen molar-refractivity contribution in [3.05, 3.63) is 29.3 Å². The third-order valence-corrected chi connectivity index (χ3v) is 4.33. The highest BCUT2D eigenvalue weighted by Crippen LogP contribution is 2.23. The molecule has 0 spiro atoms. The van der Waals surface area contributed by atoms with Gasteiger partial charge in [-0.2, -0.15) is 0 Å². The fraction of sp³-hybridized carbons (Fsp3) is 0.579. The molecule has 1 aromatic carbocycles. The average molecular weight is 349 g/mol. The number of carboxylic acids is 1. The summed E-state index contributed by atoms with van der Waals surface area (Å²) in [5.41, 5.74) is 7.83. The summed E-state index contributed by atoms with van der Waals surface area (Å²) >= 11 is 0. The third kappa shape index (κ3) is 6.84. The van der Waals surface area contributed by atoms with E-state index in [9.17, 15) is 9.59 Å². The van der Waals surface area contributed by atoms with E-state index in [2.05, 4.69) is 22.9 Å². The van der Waals surface area contributed by atoms with Gasteiger partial charge in [-0.1, -0.05) is 31.5 Å². The van der Waals surface area contributed by atoms with Crippen LogP contribution in [0.3, 0.4) is 0 Å². The summed E-state index contributed by atoms with van der Waals surface area (Å²) in [6.45, 7) is 8.07. The molecule has 1 aliphatic heterocycles. The molecule has 1 atom stereocenters. The minimum Gasteiger partial charge on any atom is -0.480 e. The number of anilines is 1. The Kier molecular flexibility index (Phi) is 9.16. The van der Waals surface area contributed by atoms with Gasteiger partial charge in [0.2, 0.25) is 5.91 Å². The molecule has 1 heterocycles. The number of nitrogens with one attached hydrogen (secondary N) is 1. The lowest BCUT2D eigenvalue weighted by atomic mass is 10.0. The third-order valence-electron chi connectivity index (χ3n) is 4.33. The fourth-order valence-electron chi connectivity index (χ4n) is 3.06. The molecule has 6 nitrogen and oxygen atoms in total. The van der Waals surface area contributed by atoms with Crippen LogP contribution in [0.15, 0.2) is 18.2 Å². The second-order valence-electron chi connectivity index (χ2n) is 6.40. The Morgan fingerprint density at radius 3 is 2.40 bits per heavy atom. The van der Waals surface area contributed by atoms with Gasteiger partial charge in [-0.25, -0.2) is 0 Å². The van der Waals surface area contributed by atoms with Gasteiger partial charge in [0.1, 0.15) is 0 Å². The number of carbonyl (C=O) groups excluding carboxylic acids is 1. The van der Waals surface area contributed by atoms with Crippen LogP contribution >= 0.6 is 0 Å². The van der Waals surface area contributed by atoms with E-state index in [0.717, 1.165) is 49.2 Å². The van der Waals surface area contributed by atoms with Crippen LogP contribution in [0.5, 0.6) is 0 Å². The number of hydrogen-bond donors (Lipinski definition) is 3. The van der Waals surface area contributed by atoms with E-state index in [1.807, 2.05) is 32.0 Å². The molecular formula is C19H31N3O3. The van der Waals surface area contributed by atoms with Crippen molar-refractivity contribution in [2.45, 2.75) is 52.5 Å². The maximum Gasteiger partial charge on any atom is 0.317 e. The summed E-state index contributed by atoms with van der Waals surface area (Å²) in [5.74, 6) is -0.805. The van der Waals surface area contributed by atoms with Gasteiger partial charge in [-0.05, 0) is 57.3 Å². The zero-order chi connectivity index (χ0) is 18.8. The van der Waals surface area contributed by atoms with E-state index < -0.39 is 5.97 Å². The smallest absolute Gasteiger partial charge is 0.317 e. The molecule has 1 amide bonds. The van der Waals surface area contributed by atoms with E-state index in [0.29, 0.717) is 0 Å². The van der Waals surface area contributed by atoms with Crippen LogP contribution in [0.25, 0.3) is 0 Å². The summed E-state index contributed by atoms with van der Waals surface area (Å²) in [5, 5.41) is 10.8. The Bertz CT molecular complexity index is 553. The van der Waals surface area contributed by atoms with Crippen molar-refractivity contribution in [2.24, 2.45) is 5.73 Å². The molecule has 1 fully saturated rings. The Hall–Kier alpha value is -1.92. The van der Waals surface area contributed by atoms with E-state index in [-0.39, 0.29) is 18.5 Å². The van der Waals surface area contributed by atoms with Gasteiger partial charge in [0.25, 0.3) is 0 Å². The van der Waals surface area contributed by atoms with Gasteiger partial charge < -0.3 is 16.2 Å². The number of amides is 1. The first-order valence-corrected chi connectivity index (χ1v) is 8.93. The molecule has 0 unspecified atom stereocenters. The Morgan fingerprint density at radius 1 is 1.28 bits per heavy atom. The zero-order valence-corrected chi connectivity index (χ0v) is 15.5. The van der Waals surface area contributed by atoms with Gasteiger partial charge in [-0.3, -0.25) is 14.5 Å². The lowest BCUT2D eigenvalue weighted by molar-refractivity contribution is -0.135. The molecule has 0 radical (unpaired) electrons. The molecule has 0 aromatic heterocycles. The van der Waals surface area contributed by atoms with Crippen LogP contribution in [0.1, 0.15) is 43.7 Å². The normalized spacial score (nSPS) is 17.4. The molecule has 6 heteroatoms. The second kappa shape index (κ2) is 10.8. The molecule has 1 aliphatic rings. The first kappa shape index (κ1) is 21.1. The average Bonchev–Trinajstić information content (AvgIpc) is 2.59. The van der Waals surface area contributed by atoms with Crippen molar-refractivity contribution in [3.63, 3.8) is 0 Å². The minimum absolute atomic E-state index is 0.0442. The Morgan fingerprint density at radius 2 is 1.88 bits per heavy atom. The number of piperidine rings is 1. The standard InChI is InChI=1S/C17H26N2O.C2H5NO2/c1-4-11-19-12-6-5-10-15(19)17(20)18-16-13(2)8-7-9-14(16)3;3-1-2(4)5/h7-9,15H,4-6,10-12H2,1-3H3,(H,18,20);1,3H2,(H,4,5)/t15-;/m0./s1. The number of nitrogens with zero attached hydrogens (tertiary/aromatic N) is 1. The lowest BCUT2D eigenvalue weighted by Gasteiger charge is -2.34. The van der Waals surface area contributed by atoms with Crippen LogP contribution in [-0.4, -0.2) is 47.6 Å². The maximum atomic E-state index is 12.6. The quantitative estimate of drug-likeness (QED) is 0.759. The van der Waals surface area contributed by atoms with Gasteiger partial charge in [0.05, 0.1) is 12.6 Å². The van der Waals surface area contributed by atoms with E-state index in [1.54, 1.807) is 0 Å². The maximum absolute atomic E-state index is 12.6. The SMILES string of the molecule is CCCN1CCCC[C@H]1C(=O)Nc1c(C)cccc1C.NCC(=O)O. The highest BCUT2D eigenvalue weighted by atomic mass is 16.4. The number of carboxylic acid groups (broad SMARTS) is 1. The highest BCUT2D eigenvalue weighted by molar-refractivity contribution is 5.96. The summed E-state index contributed by atoms with van der Waals surface area (Å²) in [6, 6.07) is 6.17. The van der Waals surface area contributed by atoms with Crippen LogP contribution in [0.4, 0.5) is 5.69 Å². The number of likely N-dealkylation sites (tertiary alicyclic amines) is 1. The van der Waals surface area contributed by atoms with Gasteiger partial charge in [-0.15, -0.1) is 0 Å². The topological polar surface area (TPSA) is 95.7 Å². The van der Waals surface area contributed by atoms with Crippen molar-refractivity contribution in [3.8, 4) is 0 Å². The largest absolute Gasteiger partial charge is 0.480 e. The van der Waals surface area contributed by atoms with E-state index in [4.69, 9.17) is 5.11 Å². The van der Waals surface area contributed by atoms with Crippen LogP contribution in [0, 0.1) is 13.8 Å². The predicted octanol–water partition coefficient (Wildman–Crippen LogP) is 2.54. The molecule has 0 aliphatic carbocycles. The second-order valence-corrected chi connectivity index (χ2v) is 6.40. The summed E-state index contributed by atoms with van der Waals surface area (Å²) in [4.78, 5) is 24.2. The zero-order valence-electron chi connectivity index (χ0n) is 15.5. The van der Waals surface area contributed by atoms with E-state index in [1.165, 1.54) is 6.42 Å².